The molecule has 0 radical (unpaired) electrons. The van der Waals surface area contributed by atoms with Crippen molar-refractivity contribution in [3.05, 3.63) is 48.0 Å². The minimum absolute atomic E-state index is 0. The summed E-state index contributed by atoms with van der Waals surface area (Å²) in [6, 6.07) is 8.45. The first-order valence-corrected chi connectivity index (χ1v) is 7.74. The fourth-order valence-electron chi connectivity index (χ4n) is 2.13. The molecule has 2 unspecified atom stereocenters. The maximum Gasteiger partial charge on any atom is 0.168 e. The number of aromatic amines is 1. The minimum atomic E-state index is 0. The van der Waals surface area contributed by atoms with E-state index in [4.69, 9.17) is 4.74 Å². The van der Waals surface area contributed by atoms with Crippen molar-refractivity contribution in [3.63, 3.8) is 0 Å². The number of methoxy groups -OCH3 is 1. The van der Waals surface area contributed by atoms with Gasteiger partial charge in [0.25, 0.3) is 0 Å². The van der Waals surface area contributed by atoms with Crippen LogP contribution < -0.4 is 28.7 Å². The van der Waals surface area contributed by atoms with Gasteiger partial charge in [-0.2, -0.15) is 0 Å². The van der Waals surface area contributed by atoms with E-state index >= 15 is 0 Å². The van der Waals surface area contributed by atoms with Gasteiger partial charge in [-0.25, -0.2) is 4.98 Å². The number of hydrogen-bond donors (Lipinski definition) is 1. The molecule has 1 fully saturated rings. The lowest BCUT2D eigenvalue weighted by atomic mass is 10.2. The highest BCUT2D eigenvalue weighted by atomic mass is 127. The Morgan fingerprint density at radius 3 is 2.79 bits per heavy atom. The second kappa shape index (κ2) is 6.65. The Morgan fingerprint density at radius 1 is 1.37 bits per heavy atom. The topological polar surface area (TPSA) is 37.9 Å². The van der Waals surface area contributed by atoms with E-state index in [-0.39, 0.29) is 24.0 Å². The van der Waals surface area contributed by atoms with Crippen LogP contribution in [-0.2, 0) is 23.1 Å². The molecule has 0 spiro atoms. The zero-order valence-corrected chi connectivity index (χ0v) is 13.8. The van der Waals surface area contributed by atoms with Crippen LogP contribution in [0.2, 0.25) is 0 Å². The smallest absolute Gasteiger partial charge is 0.168 e. The van der Waals surface area contributed by atoms with Crippen LogP contribution in [0.3, 0.4) is 0 Å². The molecule has 5 heteroatoms. The number of aromatic nitrogens is 2. The van der Waals surface area contributed by atoms with Gasteiger partial charge in [-0.3, -0.25) is 0 Å². The molecule has 102 valence electrons. The van der Waals surface area contributed by atoms with Crippen molar-refractivity contribution in [1.29, 1.82) is 0 Å². The van der Waals surface area contributed by atoms with Crippen LogP contribution in [0.15, 0.2) is 36.8 Å². The standard InChI is InChI=1S/C14H17N2OS.HI/c1-17-13-4-2-11(3-5-13)8-18-9-14(18)6-12-7-15-10-16-12;/h2-5,7,10,14H,6,8-9H2,1H3,(H,15,16);1H/q+1;/p-1. The van der Waals surface area contributed by atoms with Crippen LogP contribution in [0.25, 0.3) is 0 Å². The van der Waals surface area contributed by atoms with Crippen LogP contribution in [-0.4, -0.2) is 28.1 Å². The lowest BCUT2D eigenvalue weighted by Crippen LogP contribution is -3.00. The molecule has 1 aliphatic rings. The van der Waals surface area contributed by atoms with E-state index in [1.807, 2.05) is 18.3 Å². The SMILES string of the molecule is COc1ccc(C[S+]2CC2Cc2cnc[nH]2)cc1.[I-]. The van der Waals surface area contributed by atoms with Crippen molar-refractivity contribution < 1.29 is 28.7 Å². The van der Waals surface area contributed by atoms with E-state index in [1.54, 1.807) is 13.4 Å². The molecule has 0 amide bonds. The molecule has 0 aliphatic carbocycles. The number of benzene rings is 1. The summed E-state index contributed by atoms with van der Waals surface area (Å²) in [6.45, 7) is 0. The summed E-state index contributed by atoms with van der Waals surface area (Å²) in [4.78, 5) is 7.25. The molecule has 2 aromatic rings. The Morgan fingerprint density at radius 2 is 2.16 bits per heavy atom. The molecule has 1 saturated heterocycles. The van der Waals surface area contributed by atoms with Gasteiger partial charge in [0.1, 0.15) is 11.5 Å². The summed E-state index contributed by atoms with van der Waals surface area (Å²) in [5, 5.41) is 0.854. The van der Waals surface area contributed by atoms with E-state index in [2.05, 4.69) is 22.1 Å². The molecule has 2 atom stereocenters. The van der Waals surface area contributed by atoms with Gasteiger partial charge in [0.2, 0.25) is 0 Å². The number of halogens is 1. The summed E-state index contributed by atoms with van der Waals surface area (Å²) < 4.78 is 5.17. The molecule has 1 aromatic heterocycles. The third kappa shape index (κ3) is 3.89. The Bertz CT molecular complexity index is 501. The van der Waals surface area contributed by atoms with Crippen LogP contribution in [0.1, 0.15) is 11.3 Å². The third-order valence-electron chi connectivity index (χ3n) is 3.27. The highest BCUT2D eigenvalue weighted by molar-refractivity contribution is 8.03. The quantitative estimate of drug-likeness (QED) is 0.413. The normalized spacial score (nSPS) is 20.7. The van der Waals surface area contributed by atoms with Crippen molar-refractivity contribution in [1.82, 2.24) is 9.97 Å². The van der Waals surface area contributed by atoms with Crippen molar-refractivity contribution in [3.8, 4) is 5.75 Å². The molecule has 1 aliphatic heterocycles. The molecular weight excluding hydrogens is 371 g/mol. The van der Waals surface area contributed by atoms with Gasteiger partial charge >= 0.3 is 0 Å². The van der Waals surface area contributed by atoms with Gasteiger partial charge < -0.3 is 33.7 Å². The van der Waals surface area contributed by atoms with E-state index in [0.29, 0.717) is 10.9 Å². The van der Waals surface area contributed by atoms with Crippen molar-refractivity contribution in [2.24, 2.45) is 0 Å². The first-order valence-electron chi connectivity index (χ1n) is 6.11. The first-order chi connectivity index (χ1) is 8.85. The maximum absolute atomic E-state index is 5.17. The first kappa shape index (κ1) is 14.7. The summed E-state index contributed by atoms with van der Waals surface area (Å²) in [7, 11) is 2.27. The highest BCUT2D eigenvalue weighted by Crippen LogP contribution is 2.31. The third-order valence-corrected chi connectivity index (χ3v) is 5.65. The van der Waals surface area contributed by atoms with Gasteiger partial charge in [-0.1, -0.05) is 12.1 Å². The Kier molecular flexibility index (Phi) is 5.15. The lowest BCUT2D eigenvalue weighted by Gasteiger charge is -1.99. The minimum Gasteiger partial charge on any atom is -1.00 e. The van der Waals surface area contributed by atoms with Crippen LogP contribution in [0.5, 0.6) is 5.75 Å². The maximum atomic E-state index is 5.17. The summed E-state index contributed by atoms with van der Waals surface area (Å²) in [5.41, 5.74) is 2.69. The number of rotatable bonds is 5. The van der Waals surface area contributed by atoms with Crippen molar-refractivity contribution >= 4 is 10.9 Å². The zero-order valence-electron chi connectivity index (χ0n) is 10.8. The number of imidazole rings is 1. The van der Waals surface area contributed by atoms with Crippen LogP contribution >= 0.6 is 0 Å². The van der Waals surface area contributed by atoms with Gasteiger partial charge in [-0.15, -0.1) is 0 Å². The molecule has 1 aromatic carbocycles. The molecule has 1 N–H and O–H groups in total. The van der Waals surface area contributed by atoms with Crippen LogP contribution in [0.4, 0.5) is 0 Å². The van der Waals surface area contributed by atoms with Gasteiger partial charge in [0.15, 0.2) is 11.0 Å². The number of H-pyrrole nitrogens is 1. The zero-order chi connectivity index (χ0) is 12.4. The lowest BCUT2D eigenvalue weighted by molar-refractivity contribution is -0.00000412. The number of nitrogens with one attached hydrogen (secondary N) is 1. The summed E-state index contributed by atoms with van der Waals surface area (Å²) in [5.74, 6) is 3.51. The molecular formula is C14H17IN2OS. The van der Waals surface area contributed by atoms with Gasteiger partial charge in [0.05, 0.1) is 13.4 Å². The van der Waals surface area contributed by atoms with Crippen LogP contribution in [0, 0.1) is 0 Å². The van der Waals surface area contributed by atoms with Crippen molar-refractivity contribution in [2.75, 3.05) is 12.9 Å². The van der Waals surface area contributed by atoms with E-state index in [1.165, 1.54) is 22.8 Å². The number of hydrogen-bond acceptors (Lipinski definition) is 2. The monoisotopic (exact) mass is 388 g/mol. The van der Waals surface area contributed by atoms with E-state index in [0.717, 1.165) is 17.4 Å². The number of nitrogens with zero attached hydrogens (tertiary/aromatic N) is 1. The predicted molar refractivity (Wildman–Crippen MR) is 75.0 cm³/mol. The molecule has 0 saturated carbocycles. The predicted octanol–water partition coefficient (Wildman–Crippen LogP) is -0.834. The molecule has 3 nitrogen and oxygen atoms in total. The number of ether oxygens (including phenoxy) is 1. The van der Waals surface area contributed by atoms with Gasteiger partial charge in [0, 0.05) is 34.8 Å². The van der Waals surface area contributed by atoms with Gasteiger partial charge in [-0.05, 0) is 12.1 Å². The second-order valence-corrected chi connectivity index (χ2v) is 6.96. The molecule has 19 heavy (non-hydrogen) atoms. The fraction of sp³-hybridized carbons (Fsp3) is 0.357. The van der Waals surface area contributed by atoms with E-state index < -0.39 is 0 Å². The Balaban J connectivity index is 0.00000133. The Labute approximate surface area is 133 Å². The molecule has 3 rings (SSSR count). The average molecular weight is 388 g/mol. The highest BCUT2D eigenvalue weighted by Gasteiger charge is 2.49. The molecule has 2 heterocycles. The molecule has 0 bridgehead atoms. The summed E-state index contributed by atoms with van der Waals surface area (Å²) >= 11 is 0. The largest absolute Gasteiger partial charge is 1.00 e. The second-order valence-electron chi connectivity index (χ2n) is 4.60. The summed E-state index contributed by atoms with van der Waals surface area (Å²) in [6.07, 6.45) is 4.85. The van der Waals surface area contributed by atoms with E-state index in [9.17, 15) is 0 Å². The van der Waals surface area contributed by atoms with Crippen molar-refractivity contribution in [2.45, 2.75) is 17.4 Å². The fourth-order valence-corrected chi connectivity index (χ4v) is 4.33. The Hall–Kier alpha value is -0.690. The average Bonchev–Trinajstić information content (AvgIpc) is 2.90.